The van der Waals surface area contributed by atoms with Gasteiger partial charge < -0.3 is 9.73 Å². The van der Waals surface area contributed by atoms with Crippen molar-refractivity contribution in [3.05, 3.63) is 54.1 Å². The molecule has 0 aliphatic carbocycles. The van der Waals surface area contributed by atoms with E-state index in [1.54, 1.807) is 12.1 Å². The molecule has 2 aromatic carbocycles. The Morgan fingerprint density at radius 3 is 2.77 bits per heavy atom. The van der Waals surface area contributed by atoms with Crippen LogP contribution in [0.5, 0.6) is 0 Å². The summed E-state index contributed by atoms with van der Waals surface area (Å²) in [7, 11) is 0. The van der Waals surface area contributed by atoms with Crippen molar-refractivity contribution in [1.82, 2.24) is 15.2 Å². The van der Waals surface area contributed by atoms with Gasteiger partial charge in [0.25, 0.3) is 0 Å². The molecule has 1 aliphatic rings. The van der Waals surface area contributed by atoms with Crippen molar-refractivity contribution in [2.45, 2.75) is 19.3 Å². The van der Waals surface area contributed by atoms with Crippen LogP contribution in [0, 0.1) is 5.82 Å². The Kier molecular flexibility index (Phi) is 3.48. The van der Waals surface area contributed by atoms with E-state index >= 15 is 0 Å². The molecule has 0 spiro atoms. The van der Waals surface area contributed by atoms with Crippen molar-refractivity contribution in [1.29, 1.82) is 0 Å². The molecule has 0 amide bonds. The number of H-pyrrole nitrogens is 1. The van der Waals surface area contributed by atoms with E-state index in [0.717, 1.165) is 53.6 Å². The van der Waals surface area contributed by atoms with Crippen molar-refractivity contribution in [2.75, 3.05) is 11.9 Å². The van der Waals surface area contributed by atoms with Crippen LogP contribution in [-0.2, 0) is 6.42 Å². The van der Waals surface area contributed by atoms with E-state index in [2.05, 4.69) is 32.6 Å². The number of aryl methyl sites for hydroxylation is 1. The van der Waals surface area contributed by atoms with Crippen LogP contribution < -0.4 is 5.32 Å². The van der Waals surface area contributed by atoms with Crippen LogP contribution in [-0.4, -0.2) is 21.7 Å². The quantitative estimate of drug-likeness (QED) is 0.547. The first-order valence-corrected chi connectivity index (χ1v) is 8.74. The number of nitrogens with one attached hydrogen (secondary N) is 2. The summed E-state index contributed by atoms with van der Waals surface area (Å²) >= 11 is 0. The molecule has 2 N–H and O–H groups in total. The van der Waals surface area contributed by atoms with Crippen LogP contribution in [0.4, 0.5) is 10.1 Å². The minimum Gasteiger partial charge on any atom is -0.455 e. The van der Waals surface area contributed by atoms with Crippen LogP contribution in [0.3, 0.4) is 0 Å². The SMILES string of the molecule is Fc1ccc(-c2oc3cc4c(cc3c2-c2ncn[nH]2)CCCCN4)cc1. The average Bonchev–Trinajstić information content (AvgIpc) is 3.23. The summed E-state index contributed by atoms with van der Waals surface area (Å²) in [5.74, 6) is 1.03. The lowest BCUT2D eigenvalue weighted by Gasteiger charge is -2.07. The molecule has 4 aromatic rings. The summed E-state index contributed by atoms with van der Waals surface area (Å²) in [6, 6.07) is 10.5. The molecule has 3 heterocycles. The maximum absolute atomic E-state index is 13.4. The smallest absolute Gasteiger partial charge is 0.159 e. The fourth-order valence-corrected chi connectivity index (χ4v) is 3.59. The zero-order valence-corrected chi connectivity index (χ0v) is 14.1. The highest BCUT2D eigenvalue weighted by Gasteiger charge is 2.22. The van der Waals surface area contributed by atoms with Crippen LogP contribution in [0.15, 0.2) is 47.1 Å². The summed E-state index contributed by atoms with van der Waals surface area (Å²) in [6.07, 6.45) is 4.83. The molecule has 0 saturated heterocycles. The second-order valence-electron chi connectivity index (χ2n) is 6.54. The molecule has 5 nitrogen and oxygen atoms in total. The van der Waals surface area contributed by atoms with Crippen molar-refractivity contribution in [2.24, 2.45) is 0 Å². The molecule has 0 radical (unpaired) electrons. The molecular formula is C20H17FN4O. The van der Waals surface area contributed by atoms with Gasteiger partial charge in [0.2, 0.25) is 0 Å². The minimum absolute atomic E-state index is 0.276. The van der Waals surface area contributed by atoms with E-state index in [0.29, 0.717) is 11.6 Å². The standard InChI is InChI=1S/C20H17FN4O/c21-14-6-4-12(5-7-14)19-18(20-23-11-24-25-20)15-9-13-3-1-2-8-22-16(13)10-17(15)26-19/h4-7,9-11,22H,1-3,8H2,(H,23,24,25). The van der Waals surface area contributed by atoms with Gasteiger partial charge in [-0.1, -0.05) is 0 Å². The number of rotatable bonds is 2. The predicted octanol–water partition coefficient (Wildman–Crippen LogP) is 4.77. The summed E-state index contributed by atoms with van der Waals surface area (Å²) in [4.78, 5) is 4.33. The number of hydrogen-bond acceptors (Lipinski definition) is 4. The summed E-state index contributed by atoms with van der Waals surface area (Å²) < 4.78 is 19.6. The lowest BCUT2D eigenvalue weighted by Crippen LogP contribution is -1.99. The first-order chi connectivity index (χ1) is 12.8. The Morgan fingerprint density at radius 2 is 1.96 bits per heavy atom. The van der Waals surface area contributed by atoms with Crippen LogP contribution in [0.1, 0.15) is 18.4 Å². The third-order valence-electron chi connectivity index (χ3n) is 4.86. The zero-order chi connectivity index (χ0) is 17.5. The van der Waals surface area contributed by atoms with Gasteiger partial charge in [0.05, 0.1) is 5.56 Å². The molecule has 0 saturated carbocycles. The summed E-state index contributed by atoms with van der Waals surface area (Å²) in [6.45, 7) is 0.971. The van der Waals surface area contributed by atoms with Crippen molar-refractivity contribution < 1.29 is 8.81 Å². The van der Waals surface area contributed by atoms with E-state index in [-0.39, 0.29) is 5.82 Å². The Labute approximate surface area is 149 Å². The summed E-state index contributed by atoms with van der Waals surface area (Å²) in [5.41, 5.74) is 4.85. The number of fused-ring (bicyclic) bond motifs is 2. The van der Waals surface area contributed by atoms with Gasteiger partial charge >= 0.3 is 0 Å². The molecule has 0 bridgehead atoms. The van der Waals surface area contributed by atoms with Crippen molar-refractivity contribution >= 4 is 16.7 Å². The van der Waals surface area contributed by atoms with Gasteiger partial charge in [0.15, 0.2) is 5.82 Å². The number of anilines is 1. The third-order valence-corrected chi connectivity index (χ3v) is 4.86. The highest BCUT2D eigenvalue weighted by Crippen LogP contribution is 2.41. The van der Waals surface area contributed by atoms with Crippen molar-refractivity contribution in [3.8, 4) is 22.7 Å². The molecule has 6 heteroatoms. The molecule has 5 rings (SSSR count). The Morgan fingerprint density at radius 1 is 1.08 bits per heavy atom. The van der Waals surface area contributed by atoms with E-state index < -0.39 is 0 Å². The molecule has 0 unspecified atom stereocenters. The highest BCUT2D eigenvalue weighted by atomic mass is 19.1. The lowest BCUT2D eigenvalue weighted by molar-refractivity contribution is 0.623. The van der Waals surface area contributed by atoms with E-state index in [1.807, 2.05) is 0 Å². The van der Waals surface area contributed by atoms with Crippen LogP contribution in [0.25, 0.3) is 33.7 Å². The molecular weight excluding hydrogens is 331 g/mol. The highest BCUT2D eigenvalue weighted by molar-refractivity contribution is 6.01. The largest absolute Gasteiger partial charge is 0.455 e. The Hall–Kier alpha value is -3.15. The summed E-state index contributed by atoms with van der Waals surface area (Å²) in [5, 5.41) is 11.4. The van der Waals surface area contributed by atoms with Gasteiger partial charge in [-0.25, -0.2) is 9.37 Å². The normalized spacial score (nSPS) is 14.0. The number of hydrogen-bond donors (Lipinski definition) is 2. The Bertz CT molecular complexity index is 1070. The maximum atomic E-state index is 13.4. The molecule has 26 heavy (non-hydrogen) atoms. The topological polar surface area (TPSA) is 66.7 Å². The second kappa shape index (κ2) is 5.98. The predicted molar refractivity (Wildman–Crippen MR) is 98.4 cm³/mol. The van der Waals surface area contributed by atoms with Gasteiger partial charge in [0, 0.05) is 29.2 Å². The minimum atomic E-state index is -0.276. The zero-order valence-electron chi connectivity index (χ0n) is 14.1. The number of benzene rings is 2. The van der Waals surface area contributed by atoms with E-state index in [4.69, 9.17) is 4.42 Å². The van der Waals surface area contributed by atoms with Gasteiger partial charge in [-0.05, 0) is 55.2 Å². The van der Waals surface area contributed by atoms with Crippen molar-refractivity contribution in [3.63, 3.8) is 0 Å². The fraction of sp³-hybridized carbons (Fsp3) is 0.200. The van der Waals surface area contributed by atoms with Crippen LogP contribution >= 0.6 is 0 Å². The number of halogens is 1. The number of nitrogens with zero attached hydrogens (tertiary/aromatic N) is 2. The lowest BCUT2D eigenvalue weighted by atomic mass is 10.0. The first kappa shape index (κ1) is 15.1. The number of aromatic amines is 1. The number of aromatic nitrogens is 3. The molecule has 0 fully saturated rings. The van der Waals surface area contributed by atoms with Gasteiger partial charge in [-0.3, -0.25) is 5.10 Å². The van der Waals surface area contributed by atoms with E-state index in [1.165, 1.54) is 24.0 Å². The molecule has 1 aliphatic heterocycles. The van der Waals surface area contributed by atoms with Gasteiger partial charge in [-0.2, -0.15) is 5.10 Å². The molecule has 2 aromatic heterocycles. The molecule has 0 atom stereocenters. The van der Waals surface area contributed by atoms with Crippen LogP contribution in [0.2, 0.25) is 0 Å². The second-order valence-corrected chi connectivity index (χ2v) is 6.54. The maximum Gasteiger partial charge on any atom is 0.159 e. The fourth-order valence-electron chi connectivity index (χ4n) is 3.59. The monoisotopic (exact) mass is 348 g/mol. The Balaban J connectivity index is 1.78. The van der Waals surface area contributed by atoms with Gasteiger partial charge in [-0.15, -0.1) is 0 Å². The number of furan rings is 1. The van der Waals surface area contributed by atoms with Gasteiger partial charge in [0.1, 0.15) is 23.5 Å². The molecule has 130 valence electrons. The average molecular weight is 348 g/mol. The first-order valence-electron chi connectivity index (χ1n) is 8.74. The van der Waals surface area contributed by atoms with E-state index in [9.17, 15) is 4.39 Å². The third kappa shape index (κ3) is 2.45.